The van der Waals surface area contributed by atoms with Crippen molar-refractivity contribution >= 4 is 81.2 Å². The number of benzene rings is 4. The van der Waals surface area contributed by atoms with Gasteiger partial charge in [0.1, 0.15) is 0 Å². The molecule has 0 fully saturated rings. The van der Waals surface area contributed by atoms with Crippen molar-refractivity contribution in [1.29, 1.82) is 0 Å². The number of halogens is 4. The van der Waals surface area contributed by atoms with Crippen LogP contribution in [0.4, 0.5) is 32.3 Å². The van der Waals surface area contributed by atoms with Gasteiger partial charge in [0.05, 0.1) is 21.4 Å². The molecule has 0 saturated carbocycles. The number of carbonyl (C=O) groups excluding carboxylic acids is 2. The monoisotopic (exact) mass is 650 g/mol. The van der Waals surface area contributed by atoms with Crippen LogP contribution in [0.1, 0.15) is 5.56 Å². The van der Waals surface area contributed by atoms with Gasteiger partial charge < -0.3 is 41.0 Å². The molecule has 0 atom stereocenters. The number of para-hydroxylation sites is 1. The van der Waals surface area contributed by atoms with Crippen molar-refractivity contribution in [2.75, 3.05) is 28.1 Å². The molecule has 4 amide bonds. The number of aryl methyl sites for hydroxylation is 1. The summed E-state index contributed by atoms with van der Waals surface area (Å²) in [7, 11) is 0. The van der Waals surface area contributed by atoms with E-state index >= 15 is 0 Å². The first kappa shape index (κ1) is 30.7. The molecule has 4 aromatic rings. The topological polar surface area (TPSA) is 141 Å². The number of phenolic OH excluding ortho intramolecular Hbond substituents is 2. The maximum absolute atomic E-state index is 12.0. The van der Waals surface area contributed by atoms with Crippen LogP contribution in [-0.2, 0) is 0 Å². The zero-order valence-electron chi connectivity index (χ0n) is 21.6. The van der Waals surface area contributed by atoms with Crippen LogP contribution < -0.4 is 30.7 Å². The molecule has 4 aromatic carbocycles. The van der Waals surface area contributed by atoms with E-state index in [-0.39, 0.29) is 39.7 Å². The second-order valence-corrected chi connectivity index (χ2v) is 10.3. The van der Waals surface area contributed by atoms with Crippen LogP contribution in [0.5, 0.6) is 23.0 Å². The van der Waals surface area contributed by atoms with Gasteiger partial charge >= 0.3 is 12.1 Å². The summed E-state index contributed by atoms with van der Waals surface area (Å²) in [5, 5.41) is 30.5. The number of urea groups is 2. The molecule has 0 aliphatic carbocycles. The first-order valence-corrected chi connectivity index (χ1v) is 13.5. The summed E-state index contributed by atoms with van der Waals surface area (Å²) in [5.74, 6) is 0.680. The number of amides is 4. The second kappa shape index (κ2) is 13.6. The predicted octanol–water partition coefficient (Wildman–Crippen LogP) is 8.72. The molecule has 0 bridgehead atoms. The average Bonchev–Trinajstić information content (AvgIpc) is 3.39. The van der Waals surface area contributed by atoms with Crippen molar-refractivity contribution < 1.29 is 29.3 Å². The van der Waals surface area contributed by atoms with E-state index in [2.05, 4.69) is 21.3 Å². The van der Waals surface area contributed by atoms with Gasteiger partial charge in [-0.1, -0.05) is 64.6 Å². The lowest BCUT2D eigenvalue weighted by Crippen LogP contribution is -2.20. The zero-order valence-corrected chi connectivity index (χ0v) is 24.6. The van der Waals surface area contributed by atoms with E-state index < -0.39 is 12.1 Å². The summed E-state index contributed by atoms with van der Waals surface area (Å²) < 4.78 is 10.4. The third-order valence-electron chi connectivity index (χ3n) is 5.58. The molecule has 14 heteroatoms. The molecule has 0 aromatic heterocycles. The summed E-state index contributed by atoms with van der Waals surface area (Å²) in [5.41, 5.74) is 2.37. The lowest BCUT2D eigenvalue weighted by Gasteiger charge is -2.11. The van der Waals surface area contributed by atoms with Crippen LogP contribution >= 0.6 is 46.4 Å². The maximum atomic E-state index is 12.0. The van der Waals surface area contributed by atoms with Gasteiger partial charge in [-0.25, -0.2) is 9.59 Å². The van der Waals surface area contributed by atoms with Gasteiger partial charge in [0.25, 0.3) is 0 Å². The van der Waals surface area contributed by atoms with Gasteiger partial charge in [-0.3, -0.25) is 0 Å². The number of fused-ring (bicyclic) bond motifs is 1. The highest BCUT2D eigenvalue weighted by molar-refractivity contribution is 6.37. The van der Waals surface area contributed by atoms with Crippen molar-refractivity contribution in [3.05, 3.63) is 92.4 Å². The number of phenols is 2. The van der Waals surface area contributed by atoms with Crippen LogP contribution in [0.15, 0.2) is 66.7 Å². The van der Waals surface area contributed by atoms with Crippen LogP contribution in [0.2, 0.25) is 20.1 Å². The smallest absolute Gasteiger partial charge is 0.323 e. The Hall–Kier alpha value is -4.22. The van der Waals surface area contributed by atoms with Crippen molar-refractivity contribution in [3.63, 3.8) is 0 Å². The van der Waals surface area contributed by atoms with E-state index in [9.17, 15) is 19.8 Å². The van der Waals surface area contributed by atoms with E-state index in [1.54, 1.807) is 24.3 Å². The van der Waals surface area contributed by atoms with E-state index in [1.165, 1.54) is 24.3 Å². The zero-order chi connectivity index (χ0) is 30.4. The first-order valence-electron chi connectivity index (χ1n) is 12.0. The minimum absolute atomic E-state index is 0.0471. The maximum Gasteiger partial charge on any atom is 0.323 e. The lowest BCUT2D eigenvalue weighted by molar-refractivity contribution is 0.174. The molecule has 10 nitrogen and oxygen atoms in total. The largest absolute Gasteiger partial charge is 0.504 e. The molecular formula is C28H22Cl4N4O6. The molecule has 5 rings (SSSR count). The highest BCUT2D eigenvalue weighted by Gasteiger charge is 2.16. The summed E-state index contributed by atoms with van der Waals surface area (Å²) >= 11 is 23.2. The molecule has 0 radical (unpaired) electrons. The fourth-order valence-electron chi connectivity index (χ4n) is 3.57. The Morgan fingerprint density at radius 2 is 1.19 bits per heavy atom. The van der Waals surface area contributed by atoms with E-state index in [4.69, 9.17) is 55.9 Å². The quantitative estimate of drug-likeness (QED) is 0.122. The molecule has 1 aliphatic rings. The van der Waals surface area contributed by atoms with Gasteiger partial charge in [0, 0.05) is 27.5 Å². The van der Waals surface area contributed by atoms with Crippen molar-refractivity contribution in [2.24, 2.45) is 0 Å². The van der Waals surface area contributed by atoms with Crippen LogP contribution in [-0.4, -0.2) is 29.1 Å². The first-order chi connectivity index (χ1) is 20.0. The second-order valence-electron chi connectivity index (χ2n) is 8.61. The van der Waals surface area contributed by atoms with Gasteiger partial charge in [-0.05, 0) is 55.0 Å². The fourth-order valence-corrected chi connectivity index (χ4v) is 4.56. The minimum atomic E-state index is -0.563. The number of anilines is 4. The van der Waals surface area contributed by atoms with E-state index in [0.717, 1.165) is 5.56 Å². The molecular weight excluding hydrogens is 630 g/mol. The number of ether oxygens (including phenoxy) is 2. The number of aromatic hydroxyl groups is 2. The summed E-state index contributed by atoms with van der Waals surface area (Å²) in [4.78, 5) is 23.9. The third-order valence-corrected chi connectivity index (χ3v) is 6.59. The summed E-state index contributed by atoms with van der Waals surface area (Å²) in [6, 6.07) is 16.8. The number of carbonyl (C=O) groups is 2. The highest BCUT2D eigenvalue weighted by Crippen LogP contribution is 2.37. The molecule has 0 saturated heterocycles. The van der Waals surface area contributed by atoms with Crippen molar-refractivity contribution in [1.82, 2.24) is 0 Å². The Morgan fingerprint density at radius 3 is 1.79 bits per heavy atom. The van der Waals surface area contributed by atoms with Gasteiger partial charge in [-0.15, -0.1) is 0 Å². The van der Waals surface area contributed by atoms with Gasteiger partial charge in [0.15, 0.2) is 23.0 Å². The predicted molar refractivity (Wildman–Crippen MR) is 165 cm³/mol. The summed E-state index contributed by atoms with van der Waals surface area (Å²) in [6.07, 6.45) is 0. The summed E-state index contributed by atoms with van der Waals surface area (Å²) in [6.45, 7) is 2.03. The fraction of sp³-hybridized carbons (Fsp3) is 0.0714. The van der Waals surface area contributed by atoms with Gasteiger partial charge in [0.2, 0.25) is 6.79 Å². The SMILES string of the molecule is Cc1ccccc1NC(=O)Nc1cc(Cl)cc(Cl)c1O.O=C(Nc1ccc2c(c1)OCO2)Nc1cc(Cl)cc(Cl)c1O. The van der Waals surface area contributed by atoms with Crippen molar-refractivity contribution in [2.45, 2.75) is 6.92 Å². The number of hydrogen-bond acceptors (Lipinski definition) is 6. The van der Waals surface area contributed by atoms with E-state index in [1.807, 2.05) is 25.1 Å². The van der Waals surface area contributed by atoms with E-state index in [0.29, 0.717) is 32.9 Å². The molecule has 6 N–H and O–H groups in total. The molecule has 1 aliphatic heterocycles. The van der Waals surface area contributed by atoms with Crippen LogP contribution in [0.3, 0.4) is 0 Å². The molecule has 0 spiro atoms. The standard InChI is InChI=1S/C14H10Cl2N2O4.C14H12Cl2N2O2/c15-7-3-9(16)13(19)10(4-7)18-14(20)17-8-1-2-11-12(5-8)22-6-21-11;1-8-4-2-3-5-11(8)17-14(20)18-12-7-9(15)6-10(16)13(12)19/h1-5,19H,6H2,(H2,17,18,20);2-7,19H,1H3,(H2,17,18,20). The highest BCUT2D eigenvalue weighted by atomic mass is 35.5. The number of nitrogens with one attached hydrogen (secondary N) is 4. The Labute approximate surface area is 260 Å². The normalized spacial score (nSPS) is 11.2. The molecule has 0 unspecified atom stereocenters. The van der Waals surface area contributed by atoms with Crippen molar-refractivity contribution in [3.8, 4) is 23.0 Å². The molecule has 218 valence electrons. The number of rotatable bonds is 4. The Kier molecular flexibility index (Phi) is 9.97. The Balaban J connectivity index is 0.000000194. The number of hydrogen-bond donors (Lipinski definition) is 6. The van der Waals surface area contributed by atoms with Gasteiger partial charge in [-0.2, -0.15) is 0 Å². The lowest BCUT2D eigenvalue weighted by atomic mass is 10.2. The minimum Gasteiger partial charge on any atom is -0.504 e. The Bertz CT molecular complexity index is 1650. The molecule has 42 heavy (non-hydrogen) atoms. The Morgan fingerprint density at radius 1 is 0.667 bits per heavy atom. The third kappa shape index (κ3) is 7.95. The van der Waals surface area contributed by atoms with Crippen LogP contribution in [0.25, 0.3) is 0 Å². The van der Waals surface area contributed by atoms with Crippen LogP contribution in [0, 0.1) is 6.92 Å². The molecule has 1 heterocycles. The average molecular weight is 652 g/mol.